The van der Waals surface area contributed by atoms with E-state index in [1.807, 2.05) is 0 Å². The van der Waals surface area contributed by atoms with Gasteiger partial charge in [0.25, 0.3) is 0 Å². The Labute approximate surface area is 134 Å². The van der Waals surface area contributed by atoms with E-state index in [2.05, 4.69) is 19.9 Å². The van der Waals surface area contributed by atoms with E-state index in [1.165, 1.54) is 12.7 Å². The Kier molecular flexibility index (Phi) is 6.13. The number of nitrogen functional groups attached to an aromatic ring is 1. The fraction of sp³-hybridized carbons (Fsp3) is 0. The minimum atomic E-state index is 0. The molecular weight excluding hydrogens is 192 g/mol. The van der Waals surface area contributed by atoms with E-state index >= 15 is 0 Å². The number of aromatic amines is 1. The van der Waals surface area contributed by atoms with Crippen molar-refractivity contribution in [2.75, 3.05) is 5.73 Å². The minimum Gasteiger partial charge on any atom is -0.382 e. The number of nitrogens with two attached hydrogens (primary N) is 1. The molecule has 7 heteroatoms. The molecule has 2 aromatic rings. The predicted octanol–water partition coefficient (Wildman–Crippen LogP) is -0.827. The maximum Gasteiger partial charge on any atom is 0.182 e. The van der Waals surface area contributed by atoms with Crippen LogP contribution in [0.15, 0.2) is 12.7 Å². The van der Waals surface area contributed by atoms with E-state index < -0.39 is 0 Å². The van der Waals surface area contributed by atoms with Crippen molar-refractivity contribution in [3.05, 3.63) is 12.7 Å². The number of rotatable bonds is 0. The summed E-state index contributed by atoms with van der Waals surface area (Å²) in [5, 5.41) is 0. The first-order valence-corrected chi connectivity index (χ1v) is 2.77. The quantitative estimate of drug-likeness (QED) is 0.540. The van der Waals surface area contributed by atoms with Gasteiger partial charge in [0.15, 0.2) is 11.5 Å². The van der Waals surface area contributed by atoms with Gasteiger partial charge >= 0.3 is 0 Å². The number of imidazole rings is 1. The van der Waals surface area contributed by atoms with Gasteiger partial charge in [0, 0.05) is 80.9 Å². The normalized spacial score (nSPS) is 8.67. The molecule has 2 heterocycles. The van der Waals surface area contributed by atoms with Crippen LogP contribution in [0.5, 0.6) is 0 Å². The number of hydrogen-bond acceptors (Lipinski definition) is 4. The Balaban J connectivity index is 0.000000605. The second-order valence-electron chi connectivity index (χ2n) is 1.86. The van der Waals surface area contributed by atoms with E-state index in [9.17, 15) is 0 Å². The molecule has 0 atom stereocenters. The molecular formula is C5H5KN5Na. The maximum atomic E-state index is 5.48. The van der Waals surface area contributed by atoms with Crippen molar-refractivity contribution in [3.8, 4) is 0 Å². The van der Waals surface area contributed by atoms with Gasteiger partial charge in [0.05, 0.1) is 6.33 Å². The second-order valence-corrected chi connectivity index (χ2v) is 1.86. The molecule has 0 aliphatic carbocycles. The molecule has 0 unspecified atom stereocenters. The summed E-state index contributed by atoms with van der Waals surface area (Å²) in [4.78, 5) is 14.4. The van der Waals surface area contributed by atoms with E-state index in [4.69, 9.17) is 5.73 Å². The number of H-pyrrole nitrogens is 1. The molecule has 2 aromatic heterocycles. The van der Waals surface area contributed by atoms with Crippen LogP contribution in [0.25, 0.3) is 11.2 Å². The van der Waals surface area contributed by atoms with Crippen molar-refractivity contribution in [2.24, 2.45) is 0 Å². The van der Waals surface area contributed by atoms with Crippen LogP contribution in [-0.4, -0.2) is 101 Å². The van der Waals surface area contributed by atoms with Gasteiger partial charge in [-0.1, -0.05) is 0 Å². The summed E-state index contributed by atoms with van der Waals surface area (Å²) in [7, 11) is 0. The number of fused-ring (bicyclic) bond motifs is 1. The van der Waals surface area contributed by atoms with E-state index in [0.717, 1.165) is 0 Å². The molecule has 0 bridgehead atoms. The van der Waals surface area contributed by atoms with Crippen LogP contribution in [-0.2, 0) is 0 Å². The van der Waals surface area contributed by atoms with Crippen LogP contribution in [0.2, 0.25) is 0 Å². The van der Waals surface area contributed by atoms with Gasteiger partial charge in [-0.3, -0.25) is 0 Å². The van der Waals surface area contributed by atoms with Crippen molar-refractivity contribution in [1.29, 1.82) is 0 Å². The third kappa shape index (κ3) is 2.49. The van der Waals surface area contributed by atoms with Crippen LogP contribution >= 0.6 is 0 Å². The molecule has 0 amide bonds. The molecule has 0 aromatic carbocycles. The van der Waals surface area contributed by atoms with Gasteiger partial charge in [-0.25, -0.2) is 15.0 Å². The number of aromatic nitrogens is 4. The summed E-state index contributed by atoms with van der Waals surface area (Å²) in [6.45, 7) is 0. The Morgan fingerprint density at radius 1 is 1.25 bits per heavy atom. The average Bonchev–Trinajstić information content (AvgIpc) is 2.36. The Hall–Kier alpha value is 0.986. The summed E-state index contributed by atoms with van der Waals surface area (Å²) >= 11 is 0. The zero-order valence-electron chi connectivity index (χ0n) is 7.07. The van der Waals surface area contributed by atoms with Crippen LogP contribution in [0.4, 0.5) is 5.82 Å². The number of hydrogen-bond donors (Lipinski definition) is 2. The minimum absolute atomic E-state index is 0. The zero-order valence-corrected chi connectivity index (χ0v) is 12.2. The third-order valence-electron chi connectivity index (χ3n) is 1.25. The molecule has 0 saturated carbocycles. The van der Waals surface area contributed by atoms with Gasteiger partial charge in [-0.15, -0.1) is 0 Å². The van der Waals surface area contributed by atoms with Gasteiger partial charge < -0.3 is 10.7 Å². The molecule has 5 nitrogen and oxygen atoms in total. The monoisotopic (exact) mass is 197 g/mol. The first-order valence-electron chi connectivity index (χ1n) is 2.77. The van der Waals surface area contributed by atoms with Crippen molar-refractivity contribution < 1.29 is 0 Å². The summed E-state index contributed by atoms with van der Waals surface area (Å²) in [5.74, 6) is 0.433. The molecule has 0 saturated heterocycles. The van der Waals surface area contributed by atoms with Crippen LogP contribution in [0.1, 0.15) is 0 Å². The van der Waals surface area contributed by atoms with Gasteiger partial charge in [-0.05, 0) is 0 Å². The van der Waals surface area contributed by atoms with Gasteiger partial charge in [-0.2, -0.15) is 0 Å². The first kappa shape index (κ1) is 13.0. The van der Waals surface area contributed by atoms with E-state index in [1.54, 1.807) is 0 Å². The molecule has 2 rings (SSSR count). The van der Waals surface area contributed by atoms with Crippen molar-refractivity contribution in [3.63, 3.8) is 0 Å². The van der Waals surface area contributed by atoms with Crippen LogP contribution in [0.3, 0.4) is 0 Å². The molecule has 52 valence electrons. The standard InChI is InChI=1S/C5H5N5.K.Na/c6-4-3-5(9-1-7-3)10-2-8-4;;/h1-2H,(H3,6,7,8,9,10);;. The van der Waals surface area contributed by atoms with Crippen molar-refractivity contribution in [1.82, 2.24) is 19.9 Å². The Bertz CT molecular complexity index is 361. The summed E-state index contributed by atoms with van der Waals surface area (Å²) in [6, 6.07) is 0. The van der Waals surface area contributed by atoms with Gasteiger partial charge in [0.1, 0.15) is 11.8 Å². The third-order valence-corrected chi connectivity index (χ3v) is 1.25. The predicted molar refractivity (Wildman–Crippen MR) is 47.6 cm³/mol. The smallest absolute Gasteiger partial charge is 0.182 e. The Morgan fingerprint density at radius 3 is 2.67 bits per heavy atom. The number of nitrogens with one attached hydrogen (secondary N) is 1. The molecule has 0 aliphatic rings. The SMILES string of the molecule is Nc1ncnc2nc[nH]c12.[K].[Na]. The molecule has 0 fully saturated rings. The molecule has 2 radical (unpaired) electrons. The maximum absolute atomic E-state index is 5.48. The Morgan fingerprint density at radius 2 is 2.00 bits per heavy atom. The average molecular weight is 197 g/mol. The van der Waals surface area contributed by atoms with Gasteiger partial charge in [0.2, 0.25) is 0 Å². The largest absolute Gasteiger partial charge is 0.382 e. The van der Waals surface area contributed by atoms with Crippen LogP contribution < -0.4 is 5.73 Å². The molecule has 12 heavy (non-hydrogen) atoms. The molecule has 0 aliphatic heterocycles. The fourth-order valence-electron chi connectivity index (χ4n) is 0.784. The number of nitrogens with zero attached hydrogens (tertiary/aromatic N) is 3. The summed E-state index contributed by atoms with van der Waals surface area (Å²) in [5.41, 5.74) is 6.78. The summed E-state index contributed by atoms with van der Waals surface area (Å²) in [6.07, 6.45) is 2.92. The van der Waals surface area contributed by atoms with E-state index in [-0.39, 0.29) is 80.9 Å². The van der Waals surface area contributed by atoms with Crippen LogP contribution in [0, 0.1) is 0 Å². The summed E-state index contributed by atoms with van der Waals surface area (Å²) < 4.78 is 0. The second kappa shape index (κ2) is 5.66. The van der Waals surface area contributed by atoms with Crippen molar-refractivity contribution in [2.45, 2.75) is 0 Å². The fourth-order valence-corrected chi connectivity index (χ4v) is 0.784. The number of anilines is 1. The molecule has 3 N–H and O–H groups in total. The first-order chi connectivity index (χ1) is 4.88. The molecule has 0 spiro atoms. The van der Waals surface area contributed by atoms with Crippen molar-refractivity contribution >= 4 is 97.9 Å². The zero-order chi connectivity index (χ0) is 6.97. The topological polar surface area (TPSA) is 80.5 Å². The van der Waals surface area contributed by atoms with E-state index in [0.29, 0.717) is 17.0 Å².